The van der Waals surface area contributed by atoms with Gasteiger partial charge < -0.3 is 11.5 Å². The van der Waals surface area contributed by atoms with Crippen LogP contribution in [-0.2, 0) is 0 Å². The Morgan fingerprint density at radius 2 is 1.73 bits per heavy atom. The molecule has 8 heteroatoms. The molecule has 0 amide bonds. The van der Waals surface area contributed by atoms with Crippen molar-refractivity contribution in [3.63, 3.8) is 0 Å². The highest BCUT2D eigenvalue weighted by molar-refractivity contribution is 6.30. The maximum absolute atomic E-state index is 13.8. The molecule has 0 bridgehead atoms. The molecule has 0 atom stereocenters. The van der Waals surface area contributed by atoms with Crippen molar-refractivity contribution < 1.29 is 4.39 Å². The third kappa shape index (κ3) is 2.62. The van der Waals surface area contributed by atoms with Gasteiger partial charge in [0.15, 0.2) is 0 Å². The standard InChI is InChI=1S/C18H14ClFN6/c1-9-16(26-8-12(20)6-7-13(26)23-9)15-14(17(21)25-18(22)24-15)10-2-4-11(19)5-3-10/h2-8H,1H3,(H4,21,22,24,25). The second-order valence-corrected chi connectivity index (χ2v) is 6.26. The van der Waals surface area contributed by atoms with Gasteiger partial charge in [0.05, 0.1) is 17.0 Å². The van der Waals surface area contributed by atoms with Gasteiger partial charge in [0, 0.05) is 11.2 Å². The van der Waals surface area contributed by atoms with Gasteiger partial charge in [-0.3, -0.25) is 4.40 Å². The minimum absolute atomic E-state index is 0.0287. The molecular formula is C18H14ClFN6. The van der Waals surface area contributed by atoms with E-state index in [0.717, 1.165) is 5.56 Å². The van der Waals surface area contributed by atoms with E-state index in [1.54, 1.807) is 22.6 Å². The Labute approximate surface area is 153 Å². The summed E-state index contributed by atoms with van der Waals surface area (Å²) < 4.78 is 15.5. The predicted molar refractivity (Wildman–Crippen MR) is 100 cm³/mol. The first-order valence-electron chi connectivity index (χ1n) is 7.77. The van der Waals surface area contributed by atoms with Crippen molar-refractivity contribution in [3.8, 4) is 22.5 Å². The summed E-state index contributed by atoms with van der Waals surface area (Å²) in [5.74, 6) is -0.138. The Kier molecular flexibility index (Phi) is 3.73. The number of nitrogens with two attached hydrogens (primary N) is 2. The van der Waals surface area contributed by atoms with Gasteiger partial charge in [0.2, 0.25) is 5.95 Å². The van der Waals surface area contributed by atoms with E-state index >= 15 is 0 Å². The molecule has 1 aromatic carbocycles. The van der Waals surface area contributed by atoms with Crippen LogP contribution >= 0.6 is 11.6 Å². The number of imidazole rings is 1. The van der Waals surface area contributed by atoms with Crippen molar-refractivity contribution in [1.29, 1.82) is 0 Å². The molecule has 130 valence electrons. The van der Waals surface area contributed by atoms with E-state index in [1.165, 1.54) is 12.3 Å². The van der Waals surface area contributed by atoms with Crippen LogP contribution in [0.25, 0.3) is 28.2 Å². The molecule has 0 aliphatic rings. The molecule has 0 spiro atoms. The van der Waals surface area contributed by atoms with Gasteiger partial charge in [-0.2, -0.15) is 4.98 Å². The average Bonchev–Trinajstić information content (AvgIpc) is 2.90. The molecule has 0 radical (unpaired) electrons. The highest BCUT2D eigenvalue weighted by Crippen LogP contribution is 2.37. The maximum atomic E-state index is 13.8. The van der Waals surface area contributed by atoms with E-state index < -0.39 is 0 Å². The minimum Gasteiger partial charge on any atom is -0.383 e. The minimum atomic E-state index is -0.390. The number of rotatable bonds is 2. The van der Waals surface area contributed by atoms with Crippen molar-refractivity contribution in [3.05, 3.63) is 59.1 Å². The summed E-state index contributed by atoms with van der Waals surface area (Å²) in [5.41, 5.74) is 15.7. The highest BCUT2D eigenvalue weighted by Gasteiger charge is 2.21. The molecule has 0 aliphatic heterocycles. The Morgan fingerprint density at radius 3 is 2.46 bits per heavy atom. The topological polar surface area (TPSA) is 95.1 Å². The smallest absolute Gasteiger partial charge is 0.222 e. The van der Waals surface area contributed by atoms with Crippen molar-refractivity contribution >= 4 is 29.0 Å². The quantitative estimate of drug-likeness (QED) is 0.562. The molecule has 4 N–H and O–H groups in total. The molecule has 26 heavy (non-hydrogen) atoms. The number of aryl methyl sites for hydroxylation is 1. The highest BCUT2D eigenvalue weighted by atomic mass is 35.5. The average molecular weight is 369 g/mol. The molecule has 6 nitrogen and oxygen atoms in total. The Bertz CT molecular complexity index is 1140. The van der Waals surface area contributed by atoms with Crippen LogP contribution in [0.4, 0.5) is 16.2 Å². The lowest BCUT2D eigenvalue weighted by Gasteiger charge is -2.13. The van der Waals surface area contributed by atoms with E-state index in [2.05, 4.69) is 15.0 Å². The summed E-state index contributed by atoms with van der Waals surface area (Å²) in [6.45, 7) is 1.82. The van der Waals surface area contributed by atoms with Gasteiger partial charge >= 0.3 is 0 Å². The molecule has 3 aromatic heterocycles. The van der Waals surface area contributed by atoms with E-state index in [9.17, 15) is 4.39 Å². The van der Waals surface area contributed by atoms with Crippen LogP contribution in [0, 0.1) is 12.7 Å². The van der Waals surface area contributed by atoms with Gasteiger partial charge in [-0.15, -0.1) is 0 Å². The second-order valence-electron chi connectivity index (χ2n) is 5.82. The van der Waals surface area contributed by atoms with E-state index in [0.29, 0.717) is 33.3 Å². The Hall–Kier alpha value is -3.19. The van der Waals surface area contributed by atoms with Crippen LogP contribution in [0.5, 0.6) is 0 Å². The summed E-state index contributed by atoms with van der Waals surface area (Å²) in [6, 6.07) is 10.1. The summed E-state index contributed by atoms with van der Waals surface area (Å²) in [4.78, 5) is 12.9. The number of fused-ring (bicyclic) bond motifs is 1. The Morgan fingerprint density at radius 1 is 1.00 bits per heavy atom. The van der Waals surface area contributed by atoms with Gasteiger partial charge in [-0.1, -0.05) is 23.7 Å². The van der Waals surface area contributed by atoms with Gasteiger partial charge in [-0.25, -0.2) is 14.4 Å². The zero-order chi connectivity index (χ0) is 18.4. The molecule has 4 rings (SSSR count). The van der Waals surface area contributed by atoms with Gasteiger partial charge in [0.25, 0.3) is 0 Å². The lowest BCUT2D eigenvalue weighted by molar-refractivity contribution is 0.619. The molecule has 3 heterocycles. The van der Waals surface area contributed by atoms with E-state index in [4.69, 9.17) is 23.1 Å². The zero-order valence-electron chi connectivity index (χ0n) is 13.7. The number of anilines is 2. The first-order valence-corrected chi connectivity index (χ1v) is 8.15. The third-order valence-corrected chi connectivity index (χ3v) is 4.32. The van der Waals surface area contributed by atoms with Crippen LogP contribution in [0.2, 0.25) is 5.02 Å². The van der Waals surface area contributed by atoms with Crippen molar-refractivity contribution in [2.75, 3.05) is 11.5 Å². The fourth-order valence-electron chi connectivity index (χ4n) is 2.99. The van der Waals surface area contributed by atoms with Crippen molar-refractivity contribution in [2.45, 2.75) is 6.92 Å². The maximum Gasteiger partial charge on any atom is 0.222 e. The summed E-state index contributed by atoms with van der Waals surface area (Å²) in [5, 5.41) is 0.596. The SMILES string of the molecule is Cc1nc2ccc(F)cn2c1-c1nc(N)nc(N)c1-c1ccc(Cl)cc1. The summed E-state index contributed by atoms with van der Waals surface area (Å²) >= 11 is 5.99. The number of hydrogen-bond donors (Lipinski definition) is 2. The molecule has 0 saturated heterocycles. The van der Waals surface area contributed by atoms with Gasteiger partial charge in [0.1, 0.15) is 23.0 Å². The number of aromatic nitrogens is 4. The number of halogens is 2. The molecule has 0 fully saturated rings. The number of pyridine rings is 1. The fourth-order valence-corrected chi connectivity index (χ4v) is 3.12. The van der Waals surface area contributed by atoms with Crippen LogP contribution in [-0.4, -0.2) is 19.4 Å². The lowest BCUT2D eigenvalue weighted by Crippen LogP contribution is -2.06. The van der Waals surface area contributed by atoms with Crippen molar-refractivity contribution in [2.24, 2.45) is 0 Å². The van der Waals surface area contributed by atoms with Crippen LogP contribution in [0.1, 0.15) is 5.69 Å². The molecule has 0 unspecified atom stereocenters. The zero-order valence-corrected chi connectivity index (χ0v) is 14.5. The Balaban J connectivity index is 2.08. The fraction of sp³-hybridized carbons (Fsp3) is 0.0556. The molecule has 0 saturated carbocycles. The molecule has 4 aromatic rings. The van der Waals surface area contributed by atoms with E-state index in [-0.39, 0.29) is 17.6 Å². The molecule has 0 aliphatic carbocycles. The molecular weight excluding hydrogens is 355 g/mol. The predicted octanol–water partition coefficient (Wildman–Crippen LogP) is 3.72. The normalized spacial score (nSPS) is 11.2. The number of hydrogen-bond acceptors (Lipinski definition) is 5. The summed E-state index contributed by atoms with van der Waals surface area (Å²) in [7, 11) is 0. The van der Waals surface area contributed by atoms with E-state index in [1.807, 2.05) is 19.1 Å². The first kappa shape index (κ1) is 16.3. The van der Waals surface area contributed by atoms with Crippen LogP contribution in [0.3, 0.4) is 0 Å². The van der Waals surface area contributed by atoms with Crippen LogP contribution in [0.15, 0.2) is 42.6 Å². The van der Waals surface area contributed by atoms with Gasteiger partial charge in [-0.05, 0) is 36.8 Å². The summed E-state index contributed by atoms with van der Waals surface area (Å²) in [6.07, 6.45) is 1.35. The number of nitrogen functional groups attached to an aromatic ring is 2. The van der Waals surface area contributed by atoms with Crippen molar-refractivity contribution in [1.82, 2.24) is 19.4 Å². The number of benzene rings is 1. The third-order valence-electron chi connectivity index (χ3n) is 4.07. The van der Waals surface area contributed by atoms with Crippen LogP contribution < -0.4 is 11.5 Å². The monoisotopic (exact) mass is 368 g/mol. The lowest BCUT2D eigenvalue weighted by atomic mass is 10.0. The number of nitrogens with zero attached hydrogens (tertiary/aromatic N) is 4. The first-order chi connectivity index (χ1) is 12.4. The largest absolute Gasteiger partial charge is 0.383 e. The second kappa shape index (κ2) is 5.96.